The molecule has 3 aromatic heterocycles. The van der Waals surface area contributed by atoms with Gasteiger partial charge in [-0.25, -0.2) is 40.4 Å². The number of quaternary nitrogens is 1. The Balaban J connectivity index is 0.000000162. The van der Waals surface area contributed by atoms with Crippen LogP contribution in [-0.4, -0.2) is 202 Å². The predicted molar refractivity (Wildman–Crippen MR) is 406 cm³/mol. The molecule has 6 aliphatic rings. The summed E-state index contributed by atoms with van der Waals surface area (Å²) in [5.74, 6) is 4.90. The van der Waals surface area contributed by atoms with E-state index in [1.807, 2.05) is 89.2 Å². The quantitative estimate of drug-likeness (QED) is 0.0439. The Morgan fingerprint density at radius 2 is 0.640 bits per heavy atom. The van der Waals surface area contributed by atoms with Crippen molar-refractivity contribution in [2.75, 3.05) is 137 Å². The summed E-state index contributed by atoms with van der Waals surface area (Å²) in [6.07, 6.45) is -7.25. The maximum absolute atomic E-state index is 14.1. The van der Waals surface area contributed by atoms with Crippen molar-refractivity contribution in [2.45, 2.75) is 88.6 Å². The van der Waals surface area contributed by atoms with Crippen LogP contribution in [0.1, 0.15) is 117 Å². The van der Waals surface area contributed by atoms with Crippen molar-refractivity contribution < 1.29 is 86.9 Å². The van der Waals surface area contributed by atoms with E-state index in [9.17, 15) is 40.7 Å². The number of benzene rings is 6. The molecule has 24 nitrogen and oxygen atoms in total. The molecule has 6 aromatic carbocycles. The fraction of sp³-hybridized carbons (Fsp3) is 0.400. The SMILES string of the molecule is CC.COc1ccc(C2CC(C(F)F)n3nc(-c4ccc(C(=O)N5CC[NH2+]CC5)cc4)cc3N2)cc1OC.COc1ccc([C@@H]2C[C@H](C(F)F)n3nc(-c4ccc(C(=O)N5CCNCC5)cc4)cc3N2)cc1OC.COc1ccc([C@H]2C[C@@H](C(F)F)n3nc(-c4ccc(C(=O)N5CCNCC5)cc4)cc3N2)cc1OC.[Cl-]. The van der Waals surface area contributed by atoms with Gasteiger partial charge in [0, 0.05) is 104 Å². The fourth-order valence-corrected chi connectivity index (χ4v) is 14.5. The number of hydrogen-bond donors (Lipinski definition) is 6. The van der Waals surface area contributed by atoms with Crippen molar-refractivity contribution in [3.05, 3.63) is 179 Å². The van der Waals surface area contributed by atoms with Crippen molar-refractivity contribution in [2.24, 2.45) is 0 Å². The standard InChI is InChI=1S/3C26H29F2N5O3.C2H6.ClH/c3*1-35-22-8-7-18(13-23(22)36-2)19-14-21(25(27)28)33-24(30-19)15-20(31-33)16-3-5-17(6-4-16)26(34)32-11-9-29-10-12-32;1-2;/h3*3-8,13,15,19,21,25,29-30H,9-12,14H2,1-2H3;1-2H3;1H/t2*19-,21+;;;/m10.../s1. The molecular formula is C80H94ClF6N15O9. The second-order valence-electron chi connectivity index (χ2n) is 26.9. The summed E-state index contributed by atoms with van der Waals surface area (Å²) in [6, 6.07) is 38.8. The van der Waals surface area contributed by atoms with Gasteiger partial charge in [0.2, 0.25) is 0 Å². The molecule has 15 rings (SSSR count). The molecule has 9 aromatic rings. The number of fused-ring (bicyclic) bond motifs is 3. The van der Waals surface area contributed by atoms with E-state index in [1.54, 1.807) is 128 Å². The Kier molecular flexibility index (Phi) is 27.4. The van der Waals surface area contributed by atoms with Gasteiger partial charge in [0.15, 0.2) is 34.5 Å². The molecule has 7 N–H and O–H groups in total. The highest BCUT2D eigenvalue weighted by Crippen LogP contribution is 2.46. The van der Waals surface area contributed by atoms with Crippen LogP contribution in [-0.2, 0) is 0 Å². The monoisotopic (exact) mass is 1560 g/mol. The van der Waals surface area contributed by atoms with Gasteiger partial charge in [0.25, 0.3) is 37.0 Å². The van der Waals surface area contributed by atoms with Crippen LogP contribution in [0, 0.1) is 0 Å². The lowest BCUT2D eigenvalue weighted by Gasteiger charge is -2.32. The highest BCUT2D eigenvalue weighted by Gasteiger charge is 2.39. The summed E-state index contributed by atoms with van der Waals surface area (Å²) < 4.78 is 121. The zero-order valence-electron chi connectivity index (χ0n) is 63.1. The number of carbonyl (C=O) groups excluding carboxylic acids is 3. The van der Waals surface area contributed by atoms with E-state index in [0.717, 1.165) is 85.7 Å². The van der Waals surface area contributed by atoms with E-state index in [-0.39, 0.29) is 67.5 Å². The number of nitrogens with one attached hydrogen (secondary N) is 5. The predicted octanol–water partition coefficient (Wildman–Crippen LogP) is 8.93. The van der Waals surface area contributed by atoms with Crippen LogP contribution in [0.2, 0.25) is 0 Å². The first kappa shape index (κ1) is 81.3. The fourth-order valence-electron chi connectivity index (χ4n) is 14.5. The molecular weight excluding hydrogens is 1460 g/mol. The lowest BCUT2D eigenvalue weighted by molar-refractivity contribution is -0.661. The van der Waals surface area contributed by atoms with Crippen molar-refractivity contribution in [3.63, 3.8) is 0 Å². The summed E-state index contributed by atoms with van der Waals surface area (Å²) in [4.78, 5) is 43.8. The number of piperazine rings is 3. The molecule has 3 fully saturated rings. The van der Waals surface area contributed by atoms with Crippen molar-refractivity contribution >= 4 is 35.2 Å². The first-order valence-electron chi connectivity index (χ1n) is 37.0. The molecule has 9 heterocycles. The van der Waals surface area contributed by atoms with Crippen LogP contribution in [0.5, 0.6) is 34.5 Å². The third-order valence-electron chi connectivity index (χ3n) is 20.4. The first-order chi connectivity index (χ1) is 53.4. The number of halogens is 7. The highest BCUT2D eigenvalue weighted by molar-refractivity contribution is 5.96. The number of hydrogen-bond acceptors (Lipinski definition) is 17. The second kappa shape index (κ2) is 37.3. The van der Waals surface area contributed by atoms with E-state index in [1.165, 1.54) is 14.0 Å². The lowest BCUT2D eigenvalue weighted by atomic mass is 9.97. The average molecular weight is 1560 g/mol. The van der Waals surface area contributed by atoms with Gasteiger partial charge in [0.1, 0.15) is 35.6 Å². The van der Waals surface area contributed by atoms with Gasteiger partial charge in [-0.05, 0) is 109 Å². The highest BCUT2D eigenvalue weighted by atomic mass is 35.5. The Labute approximate surface area is 646 Å². The number of ether oxygens (including phenoxy) is 6. The van der Waals surface area contributed by atoms with Crippen LogP contribution in [0.4, 0.5) is 43.8 Å². The molecule has 0 bridgehead atoms. The topological polar surface area (TPSA) is 247 Å². The van der Waals surface area contributed by atoms with E-state index in [0.29, 0.717) is 112 Å². The van der Waals surface area contributed by atoms with Crippen molar-refractivity contribution in [1.82, 2.24) is 54.7 Å². The van der Waals surface area contributed by atoms with Crippen molar-refractivity contribution in [1.29, 1.82) is 0 Å². The summed E-state index contributed by atoms with van der Waals surface area (Å²) in [6.45, 7) is 13.1. The van der Waals surface area contributed by atoms with Gasteiger partial charge in [0.05, 0.1) is 104 Å². The zero-order chi connectivity index (χ0) is 77.7. The van der Waals surface area contributed by atoms with E-state index >= 15 is 0 Å². The molecule has 6 aliphatic heterocycles. The molecule has 0 spiro atoms. The van der Waals surface area contributed by atoms with E-state index in [2.05, 4.69) is 47.2 Å². The summed E-state index contributed by atoms with van der Waals surface area (Å²) in [7, 11) is 9.29. The smallest absolute Gasteiger partial charge is 0.260 e. The number of rotatable bonds is 18. The molecule has 2 unspecified atom stereocenters. The van der Waals surface area contributed by atoms with Crippen LogP contribution in [0.3, 0.4) is 0 Å². The molecule has 0 radical (unpaired) electrons. The van der Waals surface area contributed by atoms with Crippen LogP contribution < -0.4 is 72.7 Å². The second-order valence-corrected chi connectivity index (χ2v) is 26.9. The first-order valence-corrected chi connectivity index (χ1v) is 37.0. The van der Waals surface area contributed by atoms with Crippen LogP contribution in [0.15, 0.2) is 146 Å². The normalized spacial score (nSPS) is 19.1. The molecule has 3 amide bonds. The lowest BCUT2D eigenvalue weighted by Crippen LogP contribution is -3.00. The van der Waals surface area contributed by atoms with Gasteiger partial charge in [-0.1, -0.05) is 68.4 Å². The third kappa shape index (κ3) is 18.4. The number of carbonyl (C=O) groups is 3. The zero-order valence-corrected chi connectivity index (χ0v) is 63.8. The third-order valence-corrected chi connectivity index (χ3v) is 20.4. The number of alkyl halides is 6. The largest absolute Gasteiger partial charge is 1.00 e. The van der Waals surface area contributed by atoms with Crippen LogP contribution in [0.25, 0.3) is 33.8 Å². The molecule has 6 atom stereocenters. The molecule has 592 valence electrons. The van der Waals surface area contributed by atoms with Gasteiger partial charge in [-0.2, -0.15) is 15.3 Å². The summed E-state index contributed by atoms with van der Waals surface area (Å²) >= 11 is 0. The Morgan fingerprint density at radius 1 is 0.378 bits per heavy atom. The Bertz CT molecular complexity index is 4140. The van der Waals surface area contributed by atoms with Gasteiger partial charge < -0.3 is 87.4 Å². The van der Waals surface area contributed by atoms with E-state index < -0.39 is 37.4 Å². The number of amides is 3. The number of nitrogens with zero attached hydrogens (tertiary/aromatic N) is 9. The summed E-state index contributed by atoms with van der Waals surface area (Å²) in [5.41, 5.74) is 8.26. The average Bonchev–Trinajstić information content (AvgIpc) is 1.66. The minimum absolute atomic E-state index is 0. The summed E-state index contributed by atoms with van der Waals surface area (Å²) in [5, 5.41) is 32.2. The molecule has 111 heavy (non-hydrogen) atoms. The van der Waals surface area contributed by atoms with E-state index in [4.69, 9.17) is 28.4 Å². The molecule has 31 heteroatoms. The molecule has 0 saturated carbocycles. The molecule has 0 aliphatic carbocycles. The molecule has 3 saturated heterocycles. The maximum Gasteiger partial charge on any atom is 0.260 e. The van der Waals surface area contributed by atoms with Crippen LogP contribution >= 0.6 is 0 Å². The number of aromatic nitrogens is 6. The maximum atomic E-state index is 14.1. The number of methoxy groups -OCH3 is 6. The van der Waals surface area contributed by atoms with Gasteiger partial charge in [-0.3, -0.25) is 14.4 Å². The van der Waals surface area contributed by atoms with Gasteiger partial charge >= 0.3 is 0 Å². The van der Waals surface area contributed by atoms with Crippen molar-refractivity contribution in [3.8, 4) is 68.3 Å². The number of nitrogens with two attached hydrogens (primary N) is 1. The number of anilines is 3. The Morgan fingerprint density at radius 3 is 0.892 bits per heavy atom. The van der Waals surface area contributed by atoms with Gasteiger partial charge in [-0.15, -0.1) is 0 Å². The minimum Gasteiger partial charge on any atom is -1.00 e. The Hall–Kier alpha value is -10.7. The minimum atomic E-state index is -2.58.